The highest BCUT2D eigenvalue weighted by atomic mass is 16.5. The molecule has 0 aromatic rings. The van der Waals surface area contributed by atoms with Gasteiger partial charge in [-0.15, -0.1) is 0 Å². The number of methoxy groups -OCH3 is 1. The molecule has 126 valence electrons. The predicted octanol–water partition coefficient (Wildman–Crippen LogP) is 4.79. The van der Waals surface area contributed by atoms with E-state index in [2.05, 4.69) is 18.7 Å². The Labute approximate surface area is 132 Å². The van der Waals surface area contributed by atoms with Crippen LogP contribution in [-0.4, -0.2) is 37.6 Å². The lowest BCUT2D eigenvalue weighted by atomic mass is 10.1. The molecule has 0 atom stereocenters. The van der Waals surface area contributed by atoms with Crippen molar-refractivity contribution in [3.63, 3.8) is 0 Å². The van der Waals surface area contributed by atoms with Crippen LogP contribution in [0.4, 0.5) is 0 Å². The van der Waals surface area contributed by atoms with E-state index in [0.29, 0.717) is 6.54 Å². The fraction of sp³-hybridized carbons (Fsp3) is 0.944. The average Bonchev–Trinajstić information content (AvgIpc) is 2.49. The summed E-state index contributed by atoms with van der Waals surface area (Å²) < 4.78 is 4.75. The second-order valence-corrected chi connectivity index (χ2v) is 6.03. The lowest BCUT2D eigenvalue weighted by Gasteiger charge is -2.19. The summed E-state index contributed by atoms with van der Waals surface area (Å²) in [6.07, 6.45) is 14.6. The van der Waals surface area contributed by atoms with Crippen LogP contribution in [0.3, 0.4) is 0 Å². The summed E-state index contributed by atoms with van der Waals surface area (Å²) >= 11 is 0. The van der Waals surface area contributed by atoms with Gasteiger partial charge in [-0.1, -0.05) is 71.6 Å². The van der Waals surface area contributed by atoms with Gasteiger partial charge < -0.3 is 4.74 Å². The minimum absolute atomic E-state index is 0.115. The van der Waals surface area contributed by atoms with E-state index in [0.717, 1.165) is 19.5 Å². The number of rotatable bonds is 15. The molecule has 0 amide bonds. The average molecular weight is 299 g/mol. The molecule has 0 aliphatic carbocycles. The normalized spacial score (nSPS) is 11.0. The van der Waals surface area contributed by atoms with Crippen LogP contribution in [0.25, 0.3) is 0 Å². The van der Waals surface area contributed by atoms with E-state index in [1.807, 2.05) is 0 Å². The maximum Gasteiger partial charge on any atom is 0.319 e. The largest absolute Gasteiger partial charge is 0.468 e. The summed E-state index contributed by atoms with van der Waals surface area (Å²) in [5.74, 6) is -0.115. The monoisotopic (exact) mass is 299 g/mol. The molecule has 0 unspecified atom stereocenters. The summed E-state index contributed by atoms with van der Waals surface area (Å²) in [7, 11) is 1.47. The molecule has 0 aliphatic rings. The third-order valence-electron chi connectivity index (χ3n) is 3.95. The predicted molar refractivity (Wildman–Crippen MR) is 90.6 cm³/mol. The van der Waals surface area contributed by atoms with E-state index < -0.39 is 0 Å². The Kier molecular flexibility index (Phi) is 15.4. The third-order valence-corrected chi connectivity index (χ3v) is 3.95. The smallest absolute Gasteiger partial charge is 0.319 e. The molecule has 0 bridgehead atoms. The first-order valence-electron chi connectivity index (χ1n) is 9.03. The number of unbranched alkanes of at least 4 members (excludes halogenated alkanes) is 9. The van der Waals surface area contributed by atoms with Gasteiger partial charge in [0.1, 0.15) is 0 Å². The van der Waals surface area contributed by atoms with Crippen LogP contribution >= 0.6 is 0 Å². The summed E-state index contributed by atoms with van der Waals surface area (Å²) in [5.41, 5.74) is 0. The molecule has 0 spiro atoms. The first-order chi connectivity index (χ1) is 10.2. The summed E-state index contributed by atoms with van der Waals surface area (Å²) in [6.45, 7) is 6.89. The van der Waals surface area contributed by atoms with Gasteiger partial charge in [-0.05, 0) is 25.9 Å². The Balaban J connectivity index is 3.43. The number of hydrogen-bond donors (Lipinski definition) is 0. The quantitative estimate of drug-likeness (QED) is 0.321. The van der Waals surface area contributed by atoms with Gasteiger partial charge in [0.15, 0.2) is 0 Å². The highest BCUT2D eigenvalue weighted by Gasteiger charge is 2.09. The van der Waals surface area contributed by atoms with Crippen molar-refractivity contribution in [3.8, 4) is 0 Å². The van der Waals surface area contributed by atoms with Crippen LogP contribution in [0.2, 0.25) is 0 Å². The molecule has 0 aromatic heterocycles. The van der Waals surface area contributed by atoms with Gasteiger partial charge in [0.05, 0.1) is 13.7 Å². The van der Waals surface area contributed by atoms with Crippen molar-refractivity contribution in [2.45, 2.75) is 84.5 Å². The molecule has 21 heavy (non-hydrogen) atoms. The highest BCUT2D eigenvalue weighted by Crippen LogP contribution is 2.10. The molecule has 0 radical (unpaired) electrons. The van der Waals surface area contributed by atoms with E-state index in [1.165, 1.54) is 71.3 Å². The van der Waals surface area contributed by atoms with Crippen molar-refractivity contribution in [1.29, 1.82) is 0 Å². The second-order valence-electron chi connectivity index (χ2n) is 6.03. The first kappa shape index (κ1) is 20.4. The minimum atomic E-state index is -0.115. The van der Waals surface area contributed by atoms with Crippen LogP contribution < -0.4 is 0 Å². The number of nitrogens with zero attached hydrogens (tertiary/aromatic N) is 1. The lowest BCUT2D eigenvalue weighted by molar-refractivity contribution is -0.141. The third kappa shape index (κ3) is 14.1. The summed E-state index contributed by atoms with van der Waals surface area (Å²) in [5, 5.41) is 0. The van der Waals surface area contributed by atoms with Crippen molar-refractivity contribution < 1.29 is 9.53 Å². The molecule has 3 nitrogen and oxygen atoms in total. The molecular weight excluding hydrogens is 262 g/mol. The van der Waals surface area contributed by atoms with Crippen LogP contribution in [-0.2, 0) is 9.53 Å². The number of ether oxygens (including phenoxy) is 1. The SMILES string of the molecule is CCCCCCCCCCCCN(CCC)CC(=O)OC. The number of carbonyl (C=O) groups is 1. The van der Waals surface area contributed by atoms with Crippen LogP contribution in [0.15, 0.2) is 0 Å². The van der Waals surface area contributed by atoms with Gasteiger partial charge in [0.25, 0.3) is 0 Å². The molecular formula is C18H37NO2. The molecule has 0 saturated heterocycles. The van der Waals surface area contributed by atoms with Gasteiger partial charge in [-0.25, -0.2) is 0 Å². The summed E-state index contributed by atoms with van der Waals surface area (Å²) in [6, 6.07) is 0. The standard InChI is InChI=1S/C18H37NO2/c1-4-6-7-8-9-10-11-12-13-14-16-19(15-5-2)17-18(20)21-3/h4-17H2,1-3H3. The van der Waals surface area contributed by atoms with E-state index in [4.69, 9.17) is 4.74 Å². The van der Waals surface area contributed by atoms with Crippen LogP contribution in [0, 0.1) is 0 Å². The van der Waals surface area contributed by atoms with Gasteiger partial charge in [0.2, 0.25) is 0 Å². The van der Waals surface area contributed by atoms with Crippen LogP contribution in [0.5, 0.6) is 0 Å². The van der Waals surface area contributed by atoms with Crippen molar-refractivity contribution in [3.05, 3.63) is 0 Å². The Morgan fingerprint density at radius 3 is 1.76 bits per heavy atom. The molecule has 3 heteroatoms. The highest BCUT2D eigenvalue weighted by molar-refractivity contribution is 5.71. The van der Waals surface area contributed by atoms with E-state index >= 15 is 0 Å². The zero-order valence-electron chi connectivity index (χ0n) is 14.7. The van der Waals surface area contributed by atoms with Crippen molar-refractivity contribution in [2.75, 3.05) is 26.7 Å². The fourth-order valence-electron chi connectivity index (χ4n) is 2.66. The minimum Gasteiger partial charge on any atom is -0.468 e. The van der Waals surface area contributed by atoms with Crippen molar-refractivity contribution >= 4 is 5.97 Å². The Morgan fingerprint density at radius 1 is 0.762 bits per heavy atom. The lowest BCUT2D eigenvalue weighted by Crippen LogP contribution is -2.32. The Hall–Kier alpha value is -0.570. The zero-order chi connectivity index (χ0) is 15.8. The van der Waals surface area contributed by atoms with Gasteiger partial charge >= 0.3 is 5.97 Å². The number of hydrogen-bond acceptors (Lipinski definition) is 3. The van der Waals surface area contributed by atoms with E-state index in [-0.39, 0.29) is 5.97 Å². The Bertz CT molecular complexity index is 231. The van der Waals surface area contributed by atoms with Crippen LogP contribution in [0.1, 0.15) is 84.5 Å². The summed E-state index contributed by atoms with van der Waals surface area (Å²) in [4.78, 5) is 13.5. The molecule has 0 heterocycles. The van der Waals surface area contributed by atoms with E-state index in [1.54, 1.807) is 0 Å². The molecule has 0 rings (SSSR count). The maximum atomic E-state index is 11.3. The molecule has 0 N–H and O–H groups in total. The van der Waals surface area contributed by atoms with E-state index in [9.17, 15) is 4.79 Å². The number of carbonyl (C=O) groups excluding carboxylic acids is 1. The maximum absolute atomic E-state index is 11.3. The number of esters is 1. The molecule has 0 saturated carbocycles. The van der Waals surface area contributed by atoms with Gasteiger partial charge in [0, 0.05) is 0 Å². The van der Waals surface area contributed by atoms with Crippen molar-refractivity contribution in [2.24, 2.45) is 0 Å². The molecule has 0 fully saturated rings. The fourth-order valence-corrected chi connectivity index (χ4v) is 2.66. The second kappa shape index (κ2) is 15.8. The topological polar surface area (TPSA) is 29.5 Å². The zero-order valence-corrected chi connectivity index (χ0v) is 14.7. The van der Waals surface area contributed by atoms with Gasteiger partial charge in [-0.3, -0.25) is 9.69 Å². The Morgan fingerprint density at radius 2 is 1.29 bits per heavy atom. The first-order valence-corrected chi connectivity index (χ1v) is 9.03. The molecule has 0 aromatic carbocycles. The van der Waals surface area contributed by atoms with Gasteiger partial charge in [-0.2, -0.15) is 0 Å². The van der Waals surface area contributed by atoms with Crippen molar-refractivity contribution in [1.82, 2.24) is 4.90 Å². The molecule has 0 aliphatic heterocycles.